The summed E-state index contributed by atoms with van der Waals surface area (Å²) in [6.07, 6.45) is 6.29. The van der Waals surface area contributed by atoms with E-state index in [4.69, 9.17) is 5.21 Å². The molecule has 0 atom stereocenters. The molecule has 0 bridgehead atoms. The van der Waals surface area contributed by atoms with Gasteiger partial charge in [-0.1, -0.05) is 30.9 Å². The van der Waals surface area contributed by atoms with Crippen molar-refractivity contribution in [3.8, 4) is 5.75 Å². The summed E-state index contributed by atoms with van der Waals surface area (Å²) < 4.78 is 28.4. The molecule has 6 heteroatoms. The van der Waals surface area contributed by atoms with Crippen LogP contribution in [0.2, 0.25) is 0 Å². The molecule has 1 rings (SSSR count). The van der Waals surface area contributed by atoms with Crippen molar-refractivity contribution < 1.29 is 18.7 Å². The quantitative estimate of drug-likeness (QED) is 0.457. The van der Waals surface area contributed by atoms with E-state index in [2.05, 4.69) is 16.3 Å². The minimum Gasteiger partial charge on any atom is -0.435 e. The van der Waals surface area contributed by atoms with Gasteiger partial charge in [0.15, 0.2) is 0 Å². The van der Waals surface area contributed by atoms with Crippen molar-refractivity contribution in [2.45, 2.75) is 13.5 Å². The van der Waals surface area contributed by atoms with Crippen LogP contribution in [0.4, 0.5) is 8.78 Å². The van der Waals surface area contributed by atoms with Crippen LogP contribution in [0.1, 0.15) is 12.5 Å². The van der Waals surface area contributed by atoms with Gasteiger partial charge in [0.05, 0.1) is 0 Å². The first-order valence-electron chi connectivity index (χ1n) is 6.09. The number of rotatable bonds is 7. The number of allylic oxidation sites excluding steroid dienone is 4. The Hall–Kier alpha value is -2.47. The van der Waals surface area contributed by atoms with Crippen LogP contribution in [0.3, 0.4) is 0 Å². The molecule has 0 aliphatic rings. The van der Waals surface area contributed by atoms with E-state index in [-0.39, 0.29) is 11.6 Å². The minimum atomic E-state index is -2.85. The van der Waals surface area contributed by atoms with Gasteiger partial charge in [0, 0.05) is 6.21 Å². The number of nitrogens with zero attached hydrogens (tertiary/aromatic N) is 1. The van der Waals surface area contributed by atoms with E-state index in [0.29, 0.717) is 0 Å². The van der Waals surface area contributed by atoms with Gasteiger partial charge in [-0.25, -0.2) is 4.99 Å². The Balaban J connectivity index is 2.88. The highest BCUT2D eigenvalue weighted by molar-refractivity contribution is 6.10. The van der Waals surface area contributed by atoms with Crippen molar-refractivity contribution in [1.82, 2.24) is 5.48 Å². The second-order valence-corrected chi connectivity index (χ2v) is 3.80. The maximum atomic E-state index is 12.1. The van der Waals surface area contributed by atoms with Gasteiger partial charge in [-0.3, -0.25) is 10.7 Å². The van der Waals surface area contributed by atoms with Crippen LogP contribution in [0.5, 0.6) is 5.75 Å². The average molecular weight is 294 g/mol. The molecule has 112 valence electrons. The predicted molar refractivity (Wildman–Crippen MR) is 78.4 cm³/mol. The number of hydrogen-bond acceptors (Lipinski definition) is 4. The fourth-order valence-corrected chi connectivity index (χ4v) is 1.50. The van der Waals surface area contributed by atoms with Crippen molar-refractivity contribution in [2.75, 3.05) is 0 Å². The number of nitrogens with one attached hydrogen (secondary N) is 1. The Kier molecular flexibility index (Phi) is 6.83. The van der Waals surface area contributed by atoms with Crippen LogP contribution in [0.25, 0.3) is 5.57 Å². The molecule has 0 aromatic heterocycles. The topological polar surface area (TPSA) is 53.8 Å². The van der Waals surface area contributed by atoms with Crippen molar-refractivity contribution in [1.29, 1.82) is 0 Å². The molecule has 0 radical (unpaired) electrons. The number of ether oxygens (including phenoxy) is 1. The van der Waals surface area contributed by atoms with Crippen molar-refractivity contribution >= 4 is 11.8 Å². The summed E-state index contributed by atoms with van der Waals surface area (Å²) in [6, 6.07) is 6.18. The summed E-state index contributed by atoms with van der Waals surface area (Å²) in [5.74, 6) is 0.312. The van der Waals surface area contributed by atoms with Gasteiger partial charge >= 0.3 is 6.61 Å². The number of aliphatic imine (C=N–C) groups is 1. The number of alkyl halides is 2. The van der Waals surface area contributed by atoms with Gasteiger partial charge in [-0.15, -0.1) is 0 Å². The van der Waals surface area contributed by atoms with Crippen LogP contribution in [-0.4, -0.2) is 18.0 Å². The third-order valence-electron chi connectivity index (χ3n) is 2.46. The first-order valence-corrected chi connectivity index (χ1v) is 6.09. The number of hydroxylamine groups is 1. The lowest BCUT2D eigenvalue weighted by molar-refractivity contribution is -0.0498. The van der Waals surface area contributed by atoms with Crippen LogP contribution >= 0.6 is 0 Å². The van der Waals surface area contributed by atoms with Crippen LogP contribution in [0, 0.1) is 0 Å². The van der Waals surface area contributed by atoms with Crippen LogP contribution < -0.4 is 10.2 Å². The van der Waals surface area contributed by atoms with E-state index < -0.39 is 6.61 Å². The summed E-state index contributed by atoms with van der Waals surface area (Å²) in [5, 5.41) is 8.85. The Morgan fingerprint density at radius 2 is 2.05 bits per heavy atom. The van der Waals surface area contributed by atoms with Gasteiger partial charge < -0.3 is 4.74 Å². The summed E-state index contributed by atoms with van der Waals surface area (Å²) in [7, 11) is 0. The molecule has 0 unspecified atom stereocenters. The standard InChI is InChI=1S/C15H16F2N2O2/c1-3-5-14(19-20)18-10-11(4-2)12-6-8-13(9-7-12)21-15(16)17/h3-10,15,19-20H,1H2,2H3/b11-4+,14-5-,18-10-. The zero-order chi connectivity index (χ0) is 15.7. The molecule has 1 aromatic carbocycles. The maximum Gasteiger partial charge on any atom is 0.387 e. The van der Waals surface area contributed by atoms with Gasteiger partial charge in [0.1, 0.15) is 11.6 Å². The molecule has 1 aromatic rings. The fraction of sp³-hybridized carbons (Fsp3) is 0.133. The smallest absolute Gasteiger partial charge is 0.387 e. The third kappa shape index (κ3) is 5.58. The molecule has 0 aliphatic heterocycles. The van der Waals surface area contributed by atoms with Crippen LogP contribution in [-0.2, 0) is 0 Å². The Morgan fingerprint density at radius 1 is 1.38 bits per heavy atom. The van der Waals surface area contributed by atoms with Crippen molar-refractivity contribution in [2.24, 2.45) is 4.99 Å². The molecule has 0 saturated heterocycles. The SMILES string of the molecule is C=C/C=C(/N=C\C(=C/C)c1ccc(OC(F)F)cc1)NO. The zero-order valence-corrected chi connectivity index (χ0v) is 11.5. The van der Waals surface area contributed by atoms with E-state index in [9.17, 15) is 8.78 Å². The molecular weight excluding hydrogens is 278 g/mol. The summed E-state index contributed by atoms with van der Waals surface area (Å²) in [5.41, 5.74) is 3.46. The molecule has 4 nitrogen and oxygen atoms in total. The predicted octanol–water partition coefficient (Wildman–Crippen LogP) is 3.77. The molecule has 0 heterocycles. The molecule has 0 aliphatic carbocycles. The lowest BCUT2D eigenvalue weighted by Gasteiger charge is -2.06. The van der Waals surface area contributed by atoms with Gasteiger partial charge in [-0.2, -0.15) is 8.78 Å². The molecular formula is C15H16F2N2O2. The van der Waals surface area contributed by atoms with Gasteiger partial charge in [0.2, 0.25) is 0 Å². The fourth-order valence-electron chi connectivity index (χ4n) is 1.50. The Labute approximate surface area is 121 Å². The second-order valence-electron chi connectivity index (χ2n) is 3.80. The first-order chi connectivity index (χ1) is 10.1. The average Bonchev–Trinajstić information content (AvgIpc) is 2.47. The highest BCUT2D eigenvalue weighted by Crippen LogP contribution is 2.19. The first kappa shape index (κ1) is 16.6. The normalized spacial score (nSPS) is 12.8. The molecule has 2 N–H and O–H groups in total. The summed E-state index contributed by atoms with van der Waals surface area (Å²) >= 11 is 0. The van der Waals surface area contributed by atoms with Crippen molar-refractivity contribution in [3.05, 3.63) is 60.5 Å². The molecule has 0 saturated carbocycles. The highest BCUT2D eigenvalue weighted by Gasteiger charge is 2.04. The van der Waals surface area contributed by atoms with Gasteiger partial charge in [0.25, 0.3) is 0 Å². The second kappa shape index (κ2) is 8.65. The van der Waals surface area contributed by atoms with E-state index >= 15 is 0 Å². The van der Waals surface area contributed by atoms with E-state index in [0.717, 1.165) is 11.1 Å². The largest absolute Gasteiger partial charge is 0.435 e. The lowest BCUT2D eigenvalue weighted by atomic mass is 10.1. The summed E-state index contributed by atoms with van der Waals surface area (Å²) in [4.78, 5) is 4.03. The van der Waals surface area contributed by atoms with Crippen molar-refractivity contribution in [3.63, 3.8) is 0 Å². The molecule has 21 heavy (non-hydrogen) atoms. The minimum absolute atomic E-state index is 0.0883. The third-order valence-corrected chi connectivity index (χ3v) is 2.46. The summed E-state index contributed by atoms with van der Waals surface area (Å²) in [6.45, 7) is 2.46. The van der Waals surface area contributed by atoms with E-state index in [1.54, 1.807) is 18.2 Å². The highest BCUT2D eigenvalue weighted by atomic mass is 19.3. The lowest BCUT2D eigenvalue weighted by Crippen LogP contribution is -2.04. The number of benzene rings is 1. The molecule has 0 spiro atoms. The van der Waals surface area contributed by atoms with E-state index in [1.807, 2.05) is 12.4 Å². The molecule has 0 fully saturated rings. The van der Waals surface area contributed by atoms with E-state index in [1.165, 1.54) is 30.5 Å². The number of hydrogen-bond donors (Lipinski definition) is 2. The van der Waals surface area contributed by atoms with Crippen LogP contribution in [0.15, 0.2) is 59.9 Å². The molecule has 0 amide bonds. The van der Waals surface area contributed by atoms with Gasteiger partial charge in [-0.05, 0) is 36.3 Å². The monoisotopic (exact) mass is 294 g/mol. The Bertz CT molecular complexity index is 549. The Morgan fingerprint density at radius 3 is 2.52 bits per heavy atom. The number of halogens is 2. The maximum absolute atomic E-state index is 12.1. The zero-order valence-electron chi connectivity index (χ0n) is 11.5.